The molecule has 1 aromatic rings. The highest BCUT2D eigenvalue weighted by Gasteiger charge is 2.29. The highest BCUT2D eigenvalue weighted by molar-refractivity contribution is 7.80. The van der Waals surface area contributed by atoms with Gasteiger partial charge in [0, 0.05) is 18.6 Å². The molecule has 34 heavy (non-hydrogen) atoms. The molecule has 14 heteroatoms. The van der Waals surface area contributed by atoms with E-state index in [2.05, 4.69) is 28.6 Å². The number of phenols is 1. The van der Waals surface area contributed by atoms with Gasteiger partial charge in [-0.2, -0.15) is 12.6 Å². The van der Waals surface area contributed by atoms with Crippen LogP contribution in [0.1, 0.15) is 18.4 Å². The topological polar surface area (TPSA) is 234 Å². The monoisotopic (exact) mass is 499 g/mol. The van der Waals surface area contributed by atoms with Crippen LogP contribution < -0.4 is 27.4 Å². The molecule has 188 valence electrons. The number of carbonyl (C=O) groups excluding carboxylic acids is 4. The molecule has 0 aliphatic rings. The maximum absolute atomic E-state index is 12.9. The molecule has 0 spiro atoms. The van der Waals surface area contributed by atoms with E-state index < -0.39 is 60.4 Å². The van der Waals surface area contributed by atoms with Crippen molar-refractivity contribution in [2.24, 2.45) is 11.5 Å². The number of rotatable bonds is 14. The van der Waals surface area contributed by atoms with Gasteiger partial charge in [-0.05, 0) is 24.1 Å². The van der Waals surface area contributed by atoms with Crippen LogP contribution >= 0.6 is 12.6 Å². The van der Waals surface area contributed by atoms with Crippen molar-refractivity contribution in [3.8, 4) is 5.75 Å². The number of hydrogen-bond acceptors (Lipinski definition) is 9. The standard InChI is InChI=1S/C20H29N5O8S/c21-12(5-6-16(22)28)17(29)23-13(7-10-1-3-11(27)4-2-10)18(30)25-15(9-34)19(31)24-14(8-26)20(32)33/h1-4,12-15,26-27,34H,5-9,21H2,(H2,22,28)(H,23,29)(H,24,31)(H,25,30)(H,32,33). The van der Waals surface area contributed by atoms with Crippen LogP contribution in [0.25, 0.3) is 0 Å². The summed E-state index contributed by atoms with van der Waals surface area (Å²) >= 11 is 4.00. The van der Waals surface area contributed by atoms with Gasteiger partial charge in [0.2, 0.25) is 23.6 Å². The Morgan fingerprint density at radius 2 is 1.44 bits per heavy atom. The van der Waals surface area contributed by atoms with Crippen LogP contribution in [0.4, 0.5) is 0 Å². The lowest BCUT2D eigenvalue weighted by Crippen LogP contribution is -2.58. The van der Waals surface area contributed by atoms with E-state index in [1.807, 2.05) is 0 Å². The zero-order chi connectivity index (χ0) is 25.8. The molecule has 0 saturated carbocycles. The first-order chi connectivity index (χ1) is 16.0. The predicted octanol–water partition coefficient (Wildman–Crippen LogP) is -3.01. The van der Waals surface area contributed by atoms with Gasteiger partial charge in [0.15, 0.2) is 0 Å². The van der Waals surface area contributed by atoms with Gasteiger partial charge in [0.1, 0.15) is 23.9 Å². The summed E-state index contributed by atoms with van der Waals surface area (Å²) in [4.78, 5) is 59.7. The molecule has 13 nitrogen and oxygen atoms in total. The molecule has 1 aromatic carbocycles. The first-order valence-electron chi connectivity index (χ1n) is 10.2. The second kappa shape index (κ2) is 14.0. The van der Waals surface area contributed by atoms with Gasteiger partial charge in [-0.3, -0.25) is 19.2 Å². The average Bonchev–Trinajstić information content (AvgIpc) is 2.79. The molecule has 0 aromatic heterocycles. The maximum Gasteiger partial charge on any atom is 0.328 e. The lowest BCUT2D eigenvalue weighted by atomic mass is 10.0. The average molecular weight is 500 g/mol. The van der Waals surface area contributed by atoms with Gasteiger partial charge in [0.05, 0.1) is 12.6 Å². The molecule has 0 radical (unpaired) electrons. The molecule has 4 amide bonds. The number of carbonyl (C=O) groups is 5. The Hall–Kier alpha value is -3.36. The first-order valence-corrected chi connectivity index (χ1v) is 10.8. The van der Waals surface area contributed by atoms with Crippen LogP contribution in [0.15, 0.2) is 24.3 Å². The lowest BCUT2D eigenvalue weighted by molar-refractivity contribution is -0.143. The summed E-state index contributed by atoms with van der Waals surface area (Å²) in [5.41, 5.74) is 11.4. The van der Waals surface area contributed by atoms with E-state index in [-0.39, 0.29) is 30.8 Å². The molecule has 4 atom stereocenters. The molecule has 4 unspecified atom stereocenters. The van der Waals surface area contributed by atoms with Gasteiger partial charge in [-0.25, -0.2) is 4.79 Å². The van der Waals surface area contributed by atoms with Crippen molar-refractivity contribution in [3.05, 3.63) is 29.8 Å². The Labute approximate surface area is 200 Å². The lowest BCUT2D eigenvalue weighted by Gasteiger charge is -2.24. The fourth-order valence-electron chi connectivity index (χ4n) is 2.71. The number of thiol groups is 1. The fourth-order valence-corrected chi connectivity index (χ4v) is 2.97. The smallest absolute Gasteiger partial charge is 0.328 e. The Morgan fingerprint density at radius 1 is 0.912 bits per heavy atom. The minimum absolute atomic E-state index is 0.00839. The van der Waals surface area contributed by atoms with Gasteiger partial charge in [-0.1, -0.05) is 12.1 Å². The van der Waals surface area contributed by atoms with Crippen LogP contribution in [0, 0.1) is 0 Å². The molecule has 0 saturated heterocycles. The van der Waals surface area contributed by atoms with E-state index in [0.717, 1.165) is 0 Å². The number of aromatic hydroxyl groups is 1. The molecule has 10 N–H and O–H groups in total. The first kappa shape index (κ1) is 28.7. The summed E-state index contributed by atoms with van der Waals surface area (Å²) in [6, 6.07) is 0.597. The Bertz CT molecular complexity index is 882. The SMILES string of the molecule is NC(=O)CCC(N)C(=O)NC(Cc1ccc(O)cc1)C(=O)NC(CS)C(=O)NC(CO)C(=O)O. The number of nitrogens with two attached hydrogens (primary N) is 2. The number of carboxylic acid groups (broad SMARTS) is 1. The van der Waals surface area contributed by atoms with Gasteiger partial charge in [0.25, 0.3) is 0 Å². The molecule has 1 rings (SSSR count). The van der Waals surface area contributed by atoms with Crippen LogP contribution in [0.3, 0.4) is 0 Å². The van der Waals surface area contributed by atoms with Crippen molar-refractivity contribution < 1.29 is 39.3 Å². The van der Waals surface area contributed by atoms with E-state index in [1.165, 1.54) is 24.3 Å². The normalized spacial score (nSPS) is 14.2. The molecule has 0 aliphatic carbocycles. The number of carboxylic acids is 1. The molecule has 0 fully saturated rings. The number of aliphatic carboxylic acids is 1. The van der Waals surface area contributed by atoms with Crippen molar-refractivity contribution in [1.29, 1.82) is 0 Å². The number of hydrogen-bond donors (Lipinski definition) is 9. The number of aliphatic hydroxyl groups excluding tert-OH is 1. The quantitative estimate of drug-likeness (QED) is 0.118. The summed E-state index contributed by atoms with van der Waals surface area (Å²) in [6.45, 7) is -0.864. The van der Waals surface area contributed by atoms with Crippen LogP contribution in [0.5, 0.6) is 5.75 Å². The van der Waals surface area contributed by atoms with E-state index >= 15 is 0 Å². The van der Waals surface area contributed by atoms with Crippen LogP contribution in [0.2, 0.25) is 0 Å². The molecule has 0 aliphatic heterocycles. The Balaban J connectivity index is 2.99. The number of amides is 4. The highest BCUT2D eigenvalue weighted by atomic mass is 32.1. The minimum atomic E-state index is -1.58. The van der Waals surface area contributed by atoms with Crippen molar-refractivity contribution in [1.82, 2.24) is 16.0 Å². The summed E-state index contributed by atoms with van der Waals surface area (Å²) in [5, 5.41) is 34.4. The molecule has 0 bridgehead atoms. The molecule has 0 heterocycles. The van der Waals surface area contributed by atoms with Gasteiger partial charge < -0.3 is 42.7 Å². The van der Waals surface area contributed by atoms with Crippen molar-refractivity contribution in [2.75, 3.05) is 12.4 Å². The zero-order valence-corrected chi connectivity index (χ0v) is 19.0. The van der Waals surface area contributed by atoms with E-state index in [4.69, 9.17) is 21.7 Å². The Morgan fingerprint density at radius 3 is 1.94 bits per heavy atom. The van der Waals surface area contributed by atoms with Crippen LogP contribution in [-0.4, -0.2) is 81.4 Å². The Kier molecular flexibility index (Phi) is 11.8. The summed E-state index contributed by atoms with van der Waals surface area (Å²) in [6.07, 6.45) is -0.231. The fraction of sp³-hybridized carbons (Fsp3) is 0.450. The molecular formula is C20H29N5O8S. The third-order valence-corrected chi connectivity index (χ3v) is 5.03. The third kappa shape index (κ3) is 9.64. The molecular weight excluding hydrogens is 470 g/mol. The van der Waals surface area contributed by atoms with E-state index in [9.17, 15) is 29.1 Å². The van der Waals surface area contributed by atoms with Crippen molar-refractivity contribution in [3.63, 3.8) is 0 Å². The summed E-state index contributed by atoms with van der Waals surface area (Å²) in [7, 11) is 0. The second-order valence-electron chi connectivity index (χ2n) is 7.37. The predicted molar refractivity (Wildman–Crippen MR) is 123 cm³/mol. The summed E-state index contributed by atoms with van der Waals surface area (Å²) < 4.78 is 0. The maximum atomic E-state index is 12.9. The number of nitrogens with one attached hydrogen (secondary N) is 3. The second-order valence-corrected chi connectivity index (χ2v) is 7.73. The highest BCUT2D eigenvalue weighted by Crippen LogP contribution is 2.12. The number of phenolic OH excluding ortho intramolecular Hbond substituents is 1. The zero-order valence-electron chi connectivity index (χ0n) is 18.1. The van der Waals surface area contributed by atoms with Gasteiger partial charge in [-0.15, -0.1) is 0 Å². The van der Waals surface area contributed by atoms with E-state index in [0.29, 0.717) is 5.56 Å². The number of primary amides is 1. The number of benzene rings is 1. The van der Waals surface area contributed by atoms with E-state index in [1.54, 1.807) is 0 Å². The minimum Gasteiger partial charge on any atom is -0.508 e. The largest absolute Gasteiger partial charge is 0.508 e. The van der Waals surface area contributed by atoms with Crippen molar-refractivity contribution >= 4 is 42.2 Å². The summed E-state index contributed by atoms with van der Waals surface area (Å²) in [5.74, 6) is -4.78. The van der Waals surface area contributed by atoms with Crippen molar-refractivity contribution in [2.45, 2.75) is 43.4 Å². The van der Waals surface area contributed by atoms with Crippen LogP contribution in [-0.2, 0) is 30.4 Å². The number of aliphatic hydroxyl groups is 1. The third-order valence-electron chi connectivity index (χ3n) is 4.66. The van der Waals surface area contributed by atoms with Gasteiger partial charge >= 0.3 is 5.97 Å².